The first kappa shape index (κ1) is 15.0. The molecule has 1 saturated heterocycles. The third-order valence-electron chi connectivity index (χ3n) is 3.95. The molecule has 1 heterocycles. The highest BCUT2D eigenvalue weighted by atomic mass is 16.2. The summed E-state index contributed by atoms with van der Waals surface area (Å²) < 4.78 is 0. The molecular formula is C16H25N3O. The van der Waals surface area contributed by atoms with Crippen molar-refractivity contribution in [2.24, 2.45) is 0 Å². The lowest BCUT2D eigenvalue weighted by Crippen LogP contribution is -2.50. The Hall–Kier alpha value is -1.39. The molecule has 4 nitrogen and oxygen atoms in total. The predicted molar refractivity (Wildman–Crippen MR) is 81.8 cm³/mol. The molecule has 2 rings (SSSR count). The molecule has 1 fully saturated rings. The SMILES string of the molecule is CNCc1ccccc1C(=O)N1CCN(C(C)C)CC1. The Labute approximate surface area is 121 Å². The molecule has 1 aliphatic rings. The number of carbonyl (C=O) groups is 1. The maximum absolute atomic E-state index is 12.7. The molecule has 0 atom stereocenters. The third-order valence-corrected chi connectivity index (χ3v) is 3.95. The molecule has 0 aliphatic carbocycles. The highest BCUT2D eigenvalue weighted by Gasteiger charge is 2.24. The number of nitrogens with one attached hydrogen (secondary N) is 1. The number of rotatable bonds is 4. The van der Waals surface area contributed by atoms with Crippen LogP contribution in [0.3, 0.4) is 0 Å². The zero-order chi connectivity index (χ0) is 14.5. The normalized spacial score (nSPS) is 16.7. The van der Waals surface area contributed by atoms with Crippen LogP contribution in [0.15, 0.2) is 24.3 Å². The fourth-order valence-corrected chi connectivity index (χ4v) is 2.69. The van der Waals surface area contributed by atoms with E-state index >= 15 is 0 Å². The molecule has 1 amide bonds. The van der Waals surface area contributed by atoms with Crippen molar-refractivity contribution in [2.45, 2.75) is 26.4 Å². The van der Waals surface area contributed by atoms with Crippen molar-refractivity contribution in [2.75, 3.05) is 33.2 Å². The van der Waals surface area contributed by atoms with E-state index in [2.05, 4.69) is 24.1 Å². The van der Waals surface area contributed by atoms with Crippen molar-refractivity contribution in [1.82, 2.24) is 15.1 Å². The van der Waals surface area contributed by atoms with Crippen LogP contribution in [0, 0.1) is 0 Å². The Morgan fingerprint density at radius 3 is 2.45 bits per heavy atom. The molecule has 0 bridgehead atoms. The van der Waals surface area contributed by atoms with E-state index in [1.54, 1.807) is 0 Å². The fourth-order valence-electron chi connectivity index (χ4n) is 2.69. The molecule has 0 aromatic heterocycles. The average Bonchev–Trinajstić information content (AvgIpc) is 2.47. The van der Waals surface area contributed by atoms with Crippen LogP contribution < -0.4 is 5.32 Å². The molecule has 0 radical (unpaired) electrons. The van der Waals surface area contributed by atoms with E-state index in [9.17, 15) is 4.79 Å². The summed E-state index contributed by atoms with van der Waals surface area (Å²) in [5.41, 5.74) is 1.91. The Balaban J connectivity index is 2.05. The number of nitrogens with zero attached hydrogens (tertiary/aromatic N) is 2. The number of piperazine rings is 1. The minimum atomic E-state index is 0.166. The van der Waals surface area contributed by atoms with Crippen LogP contribution in [-0.4, -0.2) is 55.0 Å². The van der Waals surface area contributed by atoms with Crippen molar-refractivity contribution in [3.05, 3.63) is 35.4 Å². The lowest BCUT2D eigenvalue weighted by Gasteiger charge is -2.37. The maximum Gasteiger partial charge on any atom is 0.254 e. The van der Waals surface area contributed by atoms with Gasteiger partial charge < -0.3 is 10.2 Å². The Bertz CT molecular complexity index is 451. The minimum Gasteiger partial charge on any atom is -0.336 e. The molecule has 1 aliphatic heterocycles. The van der Waals surface area contributed by atoms with Gasteiger partial charge >= 0.3 is 0 Å². The standard InChI is InChI=1S/C16H25N3O/c1-13(2)18-8-10-19(11-9-18)16(20)15-7-5-4-6-14(15)12-17-3/h4-7,13,17H,8-12H2,1-3H3. The Morgan fingerprint density at radius 2 is 1.85 bits per heavy atom. The van der Waals surface area contributed by atoms with Crippen LogP contribution in [0.5, 0.6) is 0 Å². The molecule has 110 valence electrons. The van der Waals surface area contributed by atoms with E-state index in [4.69, 9.17) is 0 Å². The number of amides is 1. The first-order valence-corrected chi connectivity index (χ1v) is 7.39. The molecule has 4 heteroatoms. The quantitative estimate of drug-likeness (QED) is 0.906. The summed E-state index contributed by atoms with van der Waals surface area (Å²) in [5, 5.41) is 3.13. The van der Waals surface area contributed by atoms with Gasteiger partial charge in [-0.25, -0.2) is 0 Å². The molecule has 0 saturated carbocycles. The second kappa shape index (κ2) is 6.86. The molecule has 0 spiro atoms. The smallest absolute Gasteiger partial charge is 0.254 e. The van der Waals surface area contributed by atoms with Gasteiger partial charge in [-0.1, -0.05) is 18.2 Å². The Morgan fingerprint density at radius 1 is 1.20 bits per heavy atom. The van der Waals surface area contributed by atoms with Crippen molar-refractivity contribution in [1.29, 1.82) is 0 Å². The van der Waals surface area contributed by atoms with Gasteiger partial charge in [0.25, 0.3) is 5.91 Å². The summed E-state index contributed by atoms with van der Waals surface area (Å²) in [6, 6.07) is 8.44. The highest BCUT2D eigenvalue weighted by molar-refractivity contribution is 5.95. The van der Waals surface area contributed by atoms with Gasteiger partial charge in [0.2, 0.25) is 0 Å². The highest BCUT2D eigenvalue weighted by Crippen LogP contribution is 2.14. The fraction of sp³-hybridized carbons (Fsp3) is 0.562. The Kier molecular flexibility index (Phi) is 5.15. The van der Waals surface area contributed by atoms with Crippen molar-refractivity contribution in [3.8, 4) is 0 Å². The summed E-state index contributed by atoms with van der Waals surface area (Å²) in [6.07, 6.45) is 0. The van der Waals surface area contributed by atoms with Gasteiger partial charge in [-0.15, -0.1) is 0 Å². The predicted octanol–water partition coefficient (Wildman–Crippen LogP) is 1.57. The summed E-state index contributed by atoms with van der Waals surface area (Å²) in [4.78, 5) is 17.1. The van der Waals surface area contributed by atoms with Crippen LogP contribution >= 0.6 is 0 Å². The lowest BCUT2D eigenvalue weighted by atomic mass is 10.1. The largest absolute Gasteiger partial charge is 0.336 e. The molecule has 0 unspecified atom stereocenters. The zero-order valence-electron chi connectivity index (χ0n) is 12.7. The van der Waals surface area contributed by atoms with Crippen LogP contribution in [0.2, 0.25) is 0 Å². The van der Waals surface area contributed by atoms with E-state index in [1.807, 2.05) is 36.2 Å². The van der Waals surface area contributed by atoms with Crippen molar-refractivity contribution in [3.63, 3.8) is 0 Å². The number of carbonyl (C=O) groups excluding carboxylic acids is 1. The minimum absolute atomic E-state index is 0.166. The van der Waals surface area contributed by atoms with E-state index in [0.29, 0.717) is 6.04 Å². The molecule has 1 N–H and O–H groups in total. The average molecular weight is 275 g/mol. The van der Waals surface area contributed by atoms with Gasteiger partial charge in [0, 0.05) is 44.3 Å². The second-order valence-electron chi connectivity index (χ2n) is 5.61. The van der Waals surface area contributed by atoms with Gasteiger partial charge in [-0.05, 0) is 32.5 Å². The first-order valence-electron chi connectivity index (χ1n) is 7.39. The summed E-state index contributed by atoms with van der Waals surface area (Å²) >= 11 is 0. The van der Waals surface area contributed by atoms with E-state index in [1.165, 1.54) is 0 Å². The zero-order valence-corrected chi connectivity index (χ0v) is 12.7. The van der Waals surface area contributed by atoms with Crippen molar-refractivity contribution < 1.29 is 4.79 Å². The topological polar surface area (TPSA) is 35.6 Å². The van der Waals surface area contributed by atoms with E-state index < -0.39 is 0 Å². The summed E-state index contributed by atoms with van der Waals surface area (Å²) in [6.45, 7) is 8.73. The van der Waals surface area contributed by atoms with Gasteiger partial charge in [-0.2, -0.15) is 0 Å². The van der Waals surface area contributed by atoms with Gasteiger partial charge in [-0.3, -0.25) is 9.69 Å². The lowest BCUT2D eigenvalue weighted by molar-refractivity contribution is 0.0594. The van der Waals surface area contributed by atoms with Gasteiger partial charge in [0.1, 0.15) is 0 Å². The van der Waals surface area contributed by atoms with Crippen LogP contribution in [0.1, 0.15) is 29.8 Å². The number of hydrogen-bond acceptors (Lipinski definition) is 3. The summed E-state index contributed by atoms with van der Waals surface area (Å²) in [5.74, 6) is 0.166. The summed E-state index contributed by atoms with van der Waals surface area (Å²) in [7, 11) is 1.91. The van der Waals surface area contributed by atoms with Crippen LogP contribution in [0.25, 0.3) is 0 Å². The molecule has 1 aromatic rings. The van der Waals surface area contributed by atoms with Gasteiger partial charge in [0.15, 0.2) is 0 Å². The third kappa shape index (κ3) is 3.38. The molecule has 20 heavy (non-hydrogen) atoms. The van der Waals surface area contributed by atoms with Crippen LogP contribution in [0.4, 0.5) is 0 Å². The maximum atomic E-state index is 12.7. The second-order valence-corrected chi connectivity index (χ2v) is 5.61. The first-order chi connectivity index (χ1) is 9.63. The van der Waals surface area contributed by atoms with E-state index in [0.717, 1.165) is 43.9 Å². The number of benzene rings is 1. The van der Waals surface area contributed by atoms with Crippen molar-refractivity contribution >= 4 is 5.91 Å². The van der Waals surface area contributed by atoms with E-state index in [-0.39, 0.29) is 5.91 Å². The van der Waals surface area contributed by atoms with Gasteiger partial charge in [0.05, 0.1) is 0 Å². The number of hydrogen-bond donors (Lipinski definition) is 1. The monoisotopic (exact) mass is 275 g/mol. The molecular weight excluding hydrogens is 250 g/mol. The van der Waals surface area contributed by atoms with Crippen LogP contribution in [-0.2, 0) is 6.54 Å². The molecule has 1 aromatic carbocycles.